The van der Waals surface area contributed by atoms with Crippen LogP contribution in [-0.2, 0) is 11.3 Å². The molecular formula is C22H35IN6O2. The number of aliphatic imine (C=N–C) groups is 1. The molecule has 0 amide bonds. The highest BCUT2D eigenvalue weighted by Crippen LogP contribution is 2.40. The molecule has 9 heteroatoms. The van der Waals surface area contributed by atoms with Crippen LogP contribution in [0.2, 0.25) is 0 Å². The van der Waals surface area contributed by atoms with Crippen LogP contribution < -0.4 is 15.4 Å². The van der Waals surface area contributed by atoms with Crippen LogP contribution in [0.5, 0.6) is 5.75 Å². The van der Waals surface area contributed by atoms with Gasteiger partial charge in [0.15, 0.2) is 11.8 Å². The number of H-pyrrole nitrogens is 1. The maximum absolute atomic E-state index is 5.34. The molecule has 31 heavy (non-hydrogen) atoms. The Morgan fingerprint density at radius 1 is 1.16 bits per heavy atom. The second kappa shape index (κ2) is 12.8. The monoisotopic (exact) mass is 542 g/mol. The topological polar surface area (TPSA) is 96.5 Å². The molecule has 1 saturated carbocycles. The van der Waals surface area contributed by atoms with Gasteiger partial charge in [-0.15, -0.1) is 24.0 Å². The van der Waals surface area contributed by atoms with Crippen LogP contribution in [0.1, 0.15) is 44.9 Å². The lowest BCUT2D eigenvalue weighted by atomic mass is 9.83. The van der Waals surface area contributed by atoms with E-state index in [1.807, 2.05) is 24.3 Å². The molecule has 3 N–H and O–H groups in total. The van der Waals surface area contributed by atoms with Crippen LogP contribution >= 0.6 is 24.0 Å². The Kier molecular flexibility index (Phi) is 10.5. The van der Waals surface area contributed by atoms with E-state index in [2.05, 4.69) is 32.7 Å². The lowest BCUT2D eigenvalue weighted by Gasteiger charge is -2.29. The lowest BCUT2D eigenvalue weighted by Crippen LogP contribution is -2.43. The summed E-state index contributed by atoms with van der Waals surface area (Å²) in [5, 5.41) is 14.2. The minimum atomic E-state index is 0. The van der Waals surface area contributed by atoms with E-state index in [1.54, 1.807) is 14.2 Å². The fourth-order valence-corrected chi connectivity index (χ4v) is 3.96. The van der Waals surface area contributed by atoms with E-state index in [9.17, 15) is 0 Å². The van der Waals surface area contributed by atoms with Crippen molar-refractivity contribution >= 4 is 29.9 Å². The fourth-order valence-electron chi connectivity index (χ4n) is 3.96. The summed E-state index contributed by atoms with van der Waals surface area (Å²) in [5.41, 5.74) is 1.24. The predicted octanol–water partition coefficient (Wildman–Crippen LogP) is 3.75. The minimum absolute atomic E-state index is 0. The molecule has 1 aromatic heterocycles. The van der Waals surface area contributed by atoms with Crippen molar-refractivity contribution in [1.29, 1.82) is 0 Å². The maximum Gasteiger partial charge on any atom is 0.191 e. The quantitative estimate of drug-likeness (QED) is 0.241. The Labute approximate surface area is 202 Å². The summed E-state index contributed by atoms with van der Waals surface area (Å²) in [7, 11) is 3.43. The van der Waals surface area contributed by atoms with E-state index in [4.69, 9.17) is 14.5 Å². The third-order valence-corrected chi connectivity index (χ3v) is 5.74. The molecule has 0 saturated heterocycles. The van der Waals surface area contributed by atoms with Crippen LogP contribution in [0.25, 0.3) is 11.4 Å². The van der Waals surface area contributed by atoms with Crippen molar-refractivity contribution in [2.24, 2.45) is 10.4 Å². The van der Waals surface area contributed by atoms with Gasteiger partial charge < -0.3 is 20.1 Å². The highest BCUT2D eigenvalue weighted by atomic mass is 127. The summed E-state index contributed by atoms with van der Waals surface area (Å²) < 4.78 is 10.5. The molecule has 0 aliphatic heterocycles. The van der Waals surface area contributed by atoms with E-state index in [-0.39, 0.29) is 24.0 Å². The molecular weight excluding hydrogens is 507 g/mol. The van der Waals surface area contributed by atoms with Crippen LogP contribution in [0.4, 0.5) is 0 Å². The van der Waals surface area contributed by atoms with E-state index in [1.165, 1.54) is 25.7 Å². The second-order valence-electron chi connectivity index (χ2n) is 7.83. The maximum atomic E-state index is 5.34. The molecule has 172 valence electrons. The van der Waals surface area contributed by atoms with Gasteiger partial charge in [-0.05, 0) is 55.9 Å². The van der Waals surface area contributed by atoms with Gasteiger partial charge in [0.2, 0.25) is 0 Å². The molecule has 2 aromatic rings. The SMILES string of the molecule is CCNC(=NCc1nc(-c2ccc(OC)cc2)n[nH]1)NCC1(CCOC)CCCC1.I. The molecule has 1 aliphatic rings. The van der Waals surface area contributed by atoms with Crippen LogP contribution in [0.3, 0.4) is 0 Å². The Morgan fingerprint density at radius 3 is 2.55 bits per heavy atom. The van der Waals surface area contributed by atoms with Gasteiger partial charge in [-0.1, -0.05) is 12.8 Å². The van der Waals surface area contributed by atoms with Crippen molar-refractivity contribution in [3.05, 3.63) is 30.1 Å². The zero-order valence-electron chi connectivity index (χ0n) is 18.7. The molecule has 0 radical (unpaired) electrons. The summed E-state index contributed by atoms with van der Waals surface area (Å²) in [6, 6.07) is 7.70. The normalized spacial score (nSPS) is 15.4. The first-order valence-corrected chi connectivity index (χ1v) is 10.7. The summed E-state index contributed by atoms with van der Waals surface area (Å²) in [6.07, 6.45) is 6.17. The Balaban J connectivity index is 0.00000341. The number of nitrogens with one attached hydrogen (secondary N) is 3. The largest absolute Gasteiger partial charge is 0.497 e. The summed E-state index contributed by atoms with van der Waals surface area (Å²) >= 11 is 0. The van der Waals surface area contributed by atoms with Gasteiger partial charge in [0.1, 0.15) is 18.1 Å². The molecule has 3 rings (SSSR count). The van der Waals surface area contributed by atoms with Gasteiger partial charge >= 0.3 is 0 Å². The van der Waals surface area contributed by atoms with Gasteiger partial charge in [0.25, 0.3) is 0 Å². The number of aromatic nitrogens is 3. The molecule has 1 aromatic carbocycles. The zero-order valence-corrected chi connectivity index (χ0v) is 21.1. The molecule has 1 fully saturated rings. The van der Waals surface area contributed by atoms with Gasteiger partial charge in [0.05, 0.1) is 7.11 Å². The number of guanidine groups is 1. The average molecular weight is 542 g/mol. The number of nitrogens with zero attached hydrogens (tertiary/aromatic N) is 3. The number of ether oxygens (including phenoxy) is 2. The lowest BCUT2D eigenvalue weighted by molar-refractivity contribution is 0.138. The number of benzene rings is 1. The van der Waals surface area contributed by atoms with Crippen molar-refractivity contribution in [3.63, 3.8) is 0 Å². The first-order valence-electron chi connectivity index (χ1n) is 10.7. The van der Waals surface area contributed by atoms with E-state index in [0.29, 0.717) is 17.8 Å². The molecule has 0 unspecified atom stereocenters. The first-order chi connectivity index (χ1) is 14.7. The van der Waals surface area contributed by atoms with Crippen LogP contribution in [-0.4, -0.2) is 55.1 Å². The van der Waals surface area contributed by atoms with Gasteiger partial charge in [0, 0.05) is 32.4 Å². The summed E-state index contributed by atoms with van der Waals surface area (Å²) in [6.45, 7) is 5.04. The molecule has 8 nitrogen and oxygen atoms in total. The van der Waals surface area contributed by atoms with E-state index in [0.717, 1.165) is 49.2 Å². The number of hydrogen-bond donors (Lipinski definition) is 3. The number of halogens is 1. The van der Waals surface area contributed by atoms with Crippen molar-refractivity contribution in [2.45, 2.75) is 45.6 Å². The van der Waals surface area contributed by atoms with Crippen LogP contribution in [0, 0.1) is 5.41 Å². The second-order valence-corrected chi connectivity index (χ2v) is 7.83. The van der Waals surface area contributed by atoms with Gasteiger partial charge in [-0.3, -0.25) is 5.10 Å². The van der Waals surface area contributed by atoms with Crippen LogP contribution in [0.15, 0.2) is 29.3 Å². The highest BCUT2D eigenvalue weighted by Gasteiger charge is 2.33. The first kappa shape index (κ1) is 25.4. The van der Waals surface area contributed by atoms with Gasteiger partial charge in [-0.25, -0.2) is 9.98 Å². The number of methoxy groups -OCH3 is 2. The van der Waals surface area contributed by atoms with Crippen molar-refractivity contribution in [3.8, 4) is 17.1 Å². The smallest absolute Gasteiger partial charge is 0.191 e. The third kappa shape index (κ3) is 7.34. The fraction of sp³-hybridized carbons (Fsp3) is 0.591. The Morgan fingerprint density at radius 2 is 1.90 bits per heavy atom. The van der Waals surface area contributed by atoms with E-state index < -0.39 is 0 Å². The van der Waals surface area contributed by atoms with Crippen molar-refractivity contribution < 1.29 is 9.47 Å². The Hall–Kier alpha value is -1.88. The predicted molar refractivity (Wildman–Crippen MR) is 134 cm³/mol. The molecule has 0 bridgehead atoms. The molecule has 1 aliphatic carbocycles. The van der Waals surface area contributed by atoms with Gasteiger partial charge in [-0.2, -0.15) is 5.10 Å². The summed E-state index contributed by atoms with van der Waals surface area (Å²) in [4.78, 5) is 9.27. The third-order valence-electron chi connectivity index (χ3n) is 5.74. The number of rotatable bonds is 10. The standard InChI is InChI=1S/C22H34N6O2.HI/c1-4-23-21(25-16-22(13-14-29-2)11-5-6-12-22)24-15-19-26-20(28-27-19)17-7-9-18(30-3)10-8-17;/h7-10H,4-6,11-16H2,1-3H3,(H2,23,24,25)(H,26,27,28);1H. The zero-order chi connectivity index (χ0) is 21.2. The number of hydrogen-bond acceptors (Lipinski definition) is 5. The molecule has 1 heterocycles. The van der Waals surface area contributed by atoms with Crippen molar-refractivity contribution in [2.75, 3.05) is 33.9 Å². The molecule has 0 spiro atoms. The minimum Gasteiger partial charge on any atom is -0.497 e. The number of aromatic amines is 1. The summed E-state index contributed by atoms with van der Waals surface area (Å²) in [5.74, 6) is 3.01. The highest BCUT2D eigenvalue weighted by molar-refractivity contribution is 14.0. The Bertz CT molecular complexity index is 803. The van der Waals surface area contributed by atoms with E-state index >= 15 is 0 Å². The molecule has 0 atom stereocenters. The van der Waals surface area contributed by atoms with Crippen molar-refractivity contribution in [1.82, 2.24) is 25.8 Å². The average Bonchev–Trinajstić information content (AvgIpc) is 3.45.